The zero-order valence-electron chi connectivity index (χ0n) is 14.7. The van der Waals surface area contributed by atoms with Crippen LogP contribution in [0.1, 0.15) is 15.9 Å². The molecule has 1 heterocycles. The lowest BCUT2D eigenvalue weighted by Gasteiger charge is -2.29. The highest BCUT2D eigenvalue weighted by molar-refractivity contribution is 5.89. The predicted octanol–water partition coefficient (Wildman–Crippen LogP) is 3.44. The molecule has 0 saturated carbocycles. The van der Waals surface area contributed by atoms with Crippen molar-refractivity contribution in [3.8, 4) is 0 Å². The number of rotatable bonds is 7. The van der Waals surface area contributed by atoms with E-state index in [4.69, 9.17) is 18.9 Å². The fourth-order valence-corrected chi connectivity index (χ4v) is 2.87. The van der Waals surface area contributed by atoms with Crippen LogP contribution in [0.2, 0.25) is 0 Å². The van der Waals surface area contributed by atoms with Crippen LogP contribution in [-0.4, -0.2) is 44.1 Å². The minimum Gasteiger partial charge on any atom is -0.453 e. The van der Waals surface area contributed by atoms with Crippen molar-refractivity contribution in [2.24, 2.45) is 0 Å². The summed E-state index contributed by atoms with van der Waals surface area (Å²) in [4.78, 5) is 12.2. The molecule has 1 aliphatic heterocycles. The lowest BCUT2D eigenvalue weighted by atomic mass is 10.1. The summed E-state index contributed by atoms with van der Waals surface area (Å²) in [6, 6.07) is 17.0. The van der Waals surface area contributed by atoms with Gasteiger partial charge in [0, 0.05) is 7.11 Å². The Morgan fingerprint density at radius 3 is 2.44 bits per heavy atom. The molecule has 0 spiro atoms. The average Bonchev–Trinajstić information content (AvgIpc) is 3.04. The van der Waals surface area contributed by atoms with E-state index in [1.54, 1.807) is 60.7 Å². The number of hydrogen-bond acceptors (Lipinski definition) is 5. The van der Waals surface area contributed by atoms with Gasteiger partial charge >= 0.3 is 5.97 Å². The van der Waals surface area contributed by atoms with Crippen LogP contribution < -0.4 is 0 Å². The largest absolute Gasteiger partial charge is 0.453 e. The fraction of sp³-hybridized carbons (Fsp3) is 0.350. The summed E-state index contributed by atoms with van der Waals surface area (Å²) in [5.74, 6) is -3.55. The van der Waals surface area contributed by atoms with E-state index >= 15 is 4.39 Å². The fourth-order valence-electron chi connectivity index (χ4n) is 2.87. The van der Waals surface area contributed by atoms with Crippen molar-refractivity contribution in [1.29, 1.82) is 0 Å². The molecular weight excluding hydrogens is 358 g/mol. The zero-order chi connectivity index (χ0) is 19.3. The normalized spacial score (nSPS) is 25.9. The molecule has 0 aromatic heterocycles. The standard InChI is InChI=1S/C20H20F2O5/c1-24-17-16(27-18(23)15-10-6-3-7-11-15)13-26-20(17,22)19(21)25-12-14-8-4-2-5-9-14/h2-11,16-17,19H,12-13H2,1H3/t16-,17+,19?,20+/m0/s1. The molecule has 1 fully saturated rings. The van der Waals surface area contributed by atoms with Crippen molar-refractivity contribution in [3.63, 3.8) is 0 Å². The summed E-state index contributed by atoms with van der Waals surface area (Å²) in [7, 11) is 1.20. The van der Waals surface area contributed by atoms with Crippen LogP contribution in [0.4, 0.5) is 8.78 Å². The first-order valence-corrected chi connectivity index (χ1v) is 8.46. The Morgan fingerprint density at radius 1 is 1.19 bits per heavy atom. The second-order valence-corrected chi connectivity index (χ2v) is 6.09. The molecular formula is C20H20F2O5. The highest BCUT2D eigenvalue weighted by Crippen LogP contribution is 2.37. The van der Waals surface area contributed by atoms with Crippen molar-refractivity contribution in [2.75, 3.05) is 13.7 Å². The van der Waals surface area contributed by atoms with Crippen molar-refractivity contribution in [3.05, 3.63) is 71.8 Å². The lowest BCUT2D eigenvalue weighted by molar-refractivity contribution is -0.277. The molecule has 1 saturated heterocycles. The van der Waals surface area contributed by atoms with Gasteiger partial charge in [-0.3, -0.25) is 0 Å². The molecule has 1 unspecified atom stereocenters. The molecule has 0 aliphatic carbocycles. The molecule has 0 bridgehead atoms. The number of carbonyl (C=O) groups is 1. The highest BCUT2D eigenvalue weighted by atomic mass is 19.2. The van der Waals surface area contributed by atoms with E-state index in [2.05, 4.69) is 0 Å². The molecule has 0 radical (unpaired) electrons. The second-order valence-electron chi connectivity index (χ2n) is 6.09. The number of benzene rings is 2. The van der Waals surface area contributed by atoms with Gasteiger partial charge in [-0.05, 0) is 17.7 Å². The highest BCUT2D eigenvalue weighted by Gasteiger charge is 2.59. The van der Waals surface area contributed by atoms with Gasteiger partial charge in [-0.2, -0.15) is 0 Å². The van der Waals surface area contributed by atoms with E-state index in [-0.39, 0.29) is 13.2 Å². The van der Waals surface area contributed by atoms with Gasteiger partial charge in [-0.1, -0.05) is 48.5 Å². The van der Waals surface area contributed by atoms with Gasteiger partial charge in [-0.15, -0.1) is 0 Å². The number of ether oxygens (including phenoxy) is 4. The van der Waals surface area contributed by atoms with E-state index in [0.29, 0.717) is 11.1 Å². The summed E-state index contributed by atoms with van der Waals surface area (Å²) < 4.78 is 49.9. The van der Waals surface area contributed by atoms with Crippen LogP contribution >= 0.6 is 0 Å². The van der Waals surface area contributed by atoms with Crippen LogP contribution in [0, 0.1) is 0 Å². The van der Waals surface area contributed by atoms with Gasteiger partial charge in [0.15, 0.2) is 12.2 Å². The first kappa shape index (κ1) is 19.4. The Hall–Kier alpha value is -2.35. The molecule has 4 atom stereocenters. The van der Waals surface area contributed by atoms with E-state index in [1.165, 1.54) is 7.11 Å². The zero-order valence-corrected chi connectivity index (χ0v) is 14.7. The predicted molar refractivity (Wildman–Crippen MR) is 92.4 cm³/mol. The molecule has 2 aromatic carbocycles. The van der Waals surface area contributed by atoms with Gasteiger partial charge < -0.3 is 18.9 Å². The summed E-state index contributed by atoms with van der Waals surface area (Å²) in [5.41, 5.74) is 0.976. The summed E-state index contributed by atoms with van der Waals surface area (Å²) in [6.45, 7) is -0.482. The Kier molecular flexibility index (Phi) is 6.15. The maximum atomic E-state index is 15.1. The van der Waals surface area contributed by atoms with Crippen molar-refractivity contribution in [2.45, 2.75) is 31.0 Å². The number of alkyl halides is 2. The average molecular weight is 378 g/mol. The number of carbonyl (C=O) groups excluding carboxylic acids is 1. The number of hydrogen-bond donors (Lipinski definition) is 0. The molecule has 3 rings (SSSR count). The Labute approximate surface area is 155 Å². The Morgan fingerprint density at radius 2 is 1.81 bits per heavy atom. The van der Waals surface area contributed by atoms with Gasteiger partial charge in [-0.25, -0.2) is 13.6 Å². The third-order valence-corrected chi connectivity index (χ3v) is 4.26. The van der Waals surface area contributed by atoms with Crippen LogP contribution in [0.3, 0.4) is 0 Å². The number of methoxy groups -OCH3 is 1. The van der Waals surface area contributed by atoms with E-state index in [0.717, 1.165) is 0 Å². The van der Waals surface area contributed by atoms with Crippen LogP contribution in [0.5, 0.6) is 0 Å². The Balaban J connectivity index is 1.64. The van der Waals surface area contributed by atoms with E-state index < -0.39 is 30.4 Å². The molecule has 7 heteroatoms. The van der Waals surface area contributed by atoms with Gasteiger partial charge in [0.05, 0.1) is 18.8 Å². The number of esters is 1. The third kappa shape index (κ3) is 4.32. The summed E-state index contributed by atoms with van der Waals surface area (Å²) in [5, 5.41) is 0. The molecule has 2 aromatic rings. The maximum absolute atomic E-state index is 15.1. The summed E-state index contributed by atoms with van der Waals surface area (Å²) in [6.07, 6.45) is -4.98. The number of halogens is 2. The van der Waals surface area contributed by atoms with E-state index in [9.17, 15) is 9.18 Å². The van der Waals surface area contributed by atoms with Crippen molar-refractivity contribution >= 4 is 5.97 Å². The first-order valence-electron chi connectivity index (χ1n) is 8.46. The van der Waals surface area contributed by atoms with Gasteiger partial charge in [0.2, 0.25) is 0 Å². The van der Waals surface area contributed by atoms with Gasteiger partial charge in [0.1, 0.15) is 0 Å². The minimum absolute atomic E-state index is 0.137. The molecule has 0 amide bonds. The molecule has 144 valence electrons. The van der Waals surface area contributed by atoms with Crippen LogP contribution in [0.15, 0.2) is 60.7 Å². The van der Waals surface area contributed by atoms with Crippen molar-refractivity contribution < 1.29 is 32.5 Å². The lowest BCUT2D eigenvalue weighted by Crippen LogP contribution is -2.49. The van der Waals surface area contributed by atoms with E-state index in [1.807, 2.05) is 0 Å². The van der Waals surface area contributed by atoms with Gasteiger partial charge in [0.25, 0.3) is 12.2 Å². The third-order valence-electron chi connectivity index (χ3n) is 4.26. The molecule has 5 nitrogen and oxygen atoms in total. The molecule has 1 aliphatic rings. The quantitative estimate of drug-likeness (QED) is 0.691. The molecule has 27 heavy (non-hydrogen) atoms. The smallest absolute Gasteiger partial charge is 0.338 e. The monoisotopic (exact) mass is 378 g/mol. The SMILES string of the molecule is CO[C@@H]1[C@@H](OC(=O)c2ccccc2)CO[C@@]1(F)C(F)OCc1ccccc1. The minimum atomic E-state index is -2.88. The second kappa shape index (κ2) is 8.56. The molecule has 0 N–H and O–H groups in total. The first-order chi connectivity index (χ1) is 13.0. The van der Waals surface area contributed by atoms with Crippen LogP contribution in [-0.2, 0) is 25.6 Å². The Bertz CT molecular complexity index is 743. The van der Waals surface area contributed by atoms with Crippen molar-refractivity contribution in [1.82, 2.24) is 0 Å². The maximum Gasteiger partial charge on any atom is 0.338 e. The summed E-state index contributed by atoms with van der Waals surface area (Å²) >= 11 is 0. The topological polar surface area (TPSA) is 54.0 Å². The van der Waals surface area contributed by atoms with Crippen LogP contribution in [0.25, 0.3) is 0 Å².